The van der Waals surface area contributed by atoms with E-state index in [0.717, 1.165) is 12.0 Å². The van der Waals surface area contributed by atoms with Crippen LogP contribution in [0.5, 0.6) is 0 Å². The summed E-state index contributed by atoms with van der Waals surface area (Å²) in [5.41, 5.74) is 0. The van der Waals surface area contributed by atoms with Crippen molar-refractivity contribution < 1.29 is 0 Å². The summed E-state index contributed by atoms with van der Waals surface area (Å²) >= 11 is 0. The van der Waals surface area contributed by atoms with Gasteiger partial charge in [-0.2, -0.15) is 0 Å². The zero-order chi connectivity index (χ0) is 12.1. The van der Waals surface area contributed by atoms with Gasteiger partial charge in [0.05, 0.1) is 0 Å². The Hall–Kier alpha value is -0.0800. The molecule has 0 radical (unpaired) electrons. The Morgan fingerprint density at radius 2 is 2.18 bits per heavy atom. The molecule has 3 atom stereocenters. The highest BCUT2D eigenvalue weighted by Gasteiger charge is 2.36. The quantitative estimate of drug-likeness (QED) is 0.654. The van der Waals surface area contributed by atoms with Crippen LogP contribution in [0.15, 0.2) is 0 Å². The van der Waals surface area contributed by atoms with Gasteiger partial charge in [0.15, 0.2) is 0 Å². The van der Waals surface area contributed by atoms with Crippen LogP contribution in [0.3, 0.4) is 0 Å². The van der Waals surface area contributed by atoms with E-state index in [4.69, 9.17) is 0 Å². The molecule has 100 valence electrons. The molecule has 2 fully saturated rings. The Bertz CT molecular complexity index is 217. The van der Waals surface area contributed by atoms with E-state index in [1.165, 1.54) is 64.6 Å². The first-order chi connectivity index (χ1) is 8.29. The van der Waals surface area contributed by atoms with Crippen molar-refractivity contribution in [3.05, 3.63) is 0 Å². The lowest BCUT2D eigenvalue weighted by Gasteiger charge is -2.26. The number of nitrogens with one attached hydrogen (secondary N) is 1. The molecular formula is C15H30N2. The minimum absolute atomic E-state index is 0.713. The predicted octanol–water partition coefficient (Wildman–Crippen LogP) is 3.03. The number of hydrogen-bond donors (Lipinski definition) is 1. The molecule has 2 heteroatoms. The van der Waals surface area contributed by atoms with Gasteiger partial charge in [-0.3, -0.25) is 0 Å². The Balaban J connectivity index is 1.49. The van der Waals surface area contributed by atoms with E-state index in [2.05, 4.69) is 24.1 Å². The van der Waals surface area contributed by atoms with E-state index >= 15 is 0 Å². The summed E-state index contributed by atoms with van der Waals surface area (Å²) in [6.07, 6.45) is 9.91. The van der Waals surface area contributed by atoms with Crippen LogP contribution in [-0.2, 0) is 0 Å². The van der Waals surface area contributed by atoms with Crippen molar-refractivity contribution in [3.8, 4) is 0 Å². The monoisotopic (exact) mass is 238 g/mol. The molecule has 1 aliphatic heterocycles. The first-order valence-electron chi connectivity index (χ1n) is 7.77. The van der Waals surface area contributed by atoms with Crippen molar-refractivity contribution in [2.45, 2.75) is 70.9 Å². The summed E-state index contributed by atoms with van der Waals surface area (Å²) in [5, 5.41) is 3.57. The van der Waals surface area contributed by atoms with Crippen molar-refractivity contribution in [3.63, 3.8) is 0 Å². The van der Waals surface area contributed by atoms with Crippen LogP contribution in [0.25, 0.3) is 0 Å². The van der Waals surface area contributed by atoms with Gasteiger partial charge >= 0.3 is 0 Å². The van der Waals surface area contributed by atoms with Crippen LogP contribution in [0, 0.1) is 5.92 Å². The molecule has 1 saturated heterocycles. The summed E-state index contributed by atoms with van der Waals surface area (Å²) in [6, 6.07) is 1.68. The van der Waals surface area contributed by atoms with Crippen molar-refractivity contribution in [1.29, 1.82) is 0 Å². The molecule has 0 aromatic carbocycles. The highest BCUT2D eigenvalue weighted by atomic mass is 15.2. The molecular weight excluding hydrogens is 208 g/mol. The van der Waals surface area contributed by atoms with Crippen LogP contribution >= 0.6 is 0 Å². The van der Waals surface area contributed by atoms with Gasteiger partial charge in [-0.15, -0.1) is 0 Å². The lowest BCUT2D eigenvalue weighted by molar-refractivity contribution is 0.208. The molecule has 1 N–H and O–H groups in total. The highest BCUT2D eigenvalue weighted by Crippen LogP contribution is 2.37. The maximum Gasteiger partial charge on any atom is 0.00985 e. The molecule has 2 rings (SSSR count). The highest BCUT2D eigenvalue weighted by molar-refractivity contribution is 4.91. The number of fused-ring (bicyclic) bond motifs is 2. The van der Waals surface area contributed by atoms with Gasteiger partial charge < -0.3 is 10.2 Å². The van der Waals surface area contributed by atoms with E-state index in [0.29, 0.717) is 6.04 Å². The van der Waals surface area contributed by atoms with Crippen LogP contribution in [0.2, 0.25) is 0 Å². The average Bonchev–Trinajstić information content (AvgIpc) is 2.94. The van der Waals surface area contributed by atoms with Crippen LogP contribution < -0.4 is 5.32 Å². The first-order valence-corrected chi connectivity index (χ1v) is 7.77. The third-order valence-corrected chi connectivity index (χ3v) is 4.60. The zero-order valence-electron chi connectivity index (χ0n) is 11.8. The summed E-state index contributed by atoms with van der Waals surface area (Å²) in [6.45, 7) is 8.52. The molecule has 1 aliphatic carbocycles. The molecule has 0 aromatic heterocycles. The van der Waals surface area contributed by atoms with E-state index in [1.807, 2.05) is 0 Å². The Morgan fingerprint density at radius 1 is 1.29 bits per heavy atom. The van der Waals surface area contributed by atoms with Crippen molar-refractivity contribution in [1.82, 2.24) is 10.2 Å². The van der Waals surface area contributed by atoms with Gasteiger partial charge in [-0.25, -0.2) is 0 Å². The van der Waals surface area contributed by atoms with Crippen LogP contribution in [0.4, 0.5) is 0 Å². The Kier molecular flexibility index (Phi) is 5.30. The number of rotatable bonds is 8. The Morgan fingerprint density at radius 3 is 2.82 bits per heavy atom. The fourth-order valence-electron chi connectivity index (χ4n) is 3.56. The lowest BCUT2D eigenvalue weighted by Crippen LogP contribution is -2.33. The molecule has 1 heterocycles. The fourth-order valence-corrected chi connectivity index (χ4v) is 3.56. The molecule has 0 amide bonds. The van der Waals surface area contributed by atoms with E-state index < -0.39 is 0 Å². The molecule has 3 unspecified atom stereocenters. The molecule has 1 saturated carbocycles. The first kappa shape index (κ1) is 13.4. The average molecular weight is 238 g/mol. The maximum atomic E-state index is 3.57. The van der Waals surface area contributed by atoms with Gasteiger partial charge in [-0.05, 0) is 64.5 Å². The second-order valence-electron chi connectivity index (χ2n) is 6.18. The van der Waals surface area contributed by atoms with E-state index in [-0.39, 0.29) is 0 Å². The SMILES string of the molecule is CCCNC(C)CCCCN1CC2CCC1C2. The number of unbranched alkanes of at least 4 members (excludes halogenated alkanes) is 1. The third-order valence-electron chi connectivity index (χ3n) is 4.60. The van der Waals surface area contributed by atoms with E-state index in [1.54, 1.807) is 0 Å². The van der Waals surface area contributed by atoms with Crippen molar-refractivity contribution in [2.75, 3.05) is 19.6 Å². The summed E-state index contributed by atoms with van der Waals surface area (Å²) in [4.78, 5) is 2.76. The number of nitrogens with zero attached hydrogens (tertiary/aromatic N) is 1. The van der Waals surface area contributed by atoms with Gasteiger partial charge in [-0.1, -0.05) is 13.3 Å². The van der Waals surface area contributed by atoms with Gasteiger partial charge in [0, 0.05) is 18.6 Å². The zero-order valence-corrected chi connectivity index (χ0v) is 11.8. The standard InChI is InChI=1S/C15H30N2/c1-3-9-16-13(2)6-4-5-10-17-12-14-7-8-15(17)11-14/h13-16H,3-12H2,1-2H3. The molecule has 2 bridgehead atoms. The molecule has 0 aromatic rings. The summed E-state index contributed by atoms with van der Waals surface area (Å²) < 4.78 is 0. The number of hydrogen-bond acceptors (Lipinski definition) is 2. The molecule has 0 spiro atoms. The summed E-state index contributed by atoms with van der Waals surface area (Å²) in [7, 11) is 0. The van der Waals surface area contributed by atoms with Crippen LogP contribution in [-0.4, -0.2) is 36.6 Å². The van der Waals surface area contributed by atoms with E-state index in [9.17, 15) is 0 Å². The summed E-state index contributed by atoms with van der Waals surface area (Å²) in [5.74, 6) is 1.06. The topological polar surface area (TPSA) is 15.3 Å². The molecule has 17 heavy (non-hydrogen) atoms. The van der Waals surface area contributed by atoms with Crippen molar-refractivity contribution >= 4 is 0 Å². The molecule has 2 aliphatic rings. The normalized spacial score (nSPS) is 30.0. The number of piperidine rings is 1. The Labute approximate surface area is 107 Å². The predicted molar refractivity (Wildman–Crippen MR) is 74.3 cm³/mol. The second kappa shape index (κ2) is 6.75. The third kappa shape index (κ3) is 3.96. The second-order valence-corrected chi connectivity index (χ2v) is 6.18. The van der Waals surface area contributed by atoms with Crippen LogP contribution in [0.1, 0.15) is 58.8 Å². The maximum absolute atomic E-state index is 3.57. The minimum atomic E-state index is 0.713. The van der Waals surface area contributed by atoms with Crippen molar-refractivity contribution in [2.24, 2.45) is 5.92 Å². The van der Waals surface area contributed by atoms with Gasteiger partial charge in [0.2, 0.25) is 0 Å². The van der Waals surface area contributed by atoms with Gasteiger partial charge in [0.1, 0.15) is 0 Å². The minimum Gasteiger partial charge on any atom is -0.314 e. The largest absolute Gasteiger partial charge is 0.314 e. The fraction of sp³-hybridized carbons (Fsp3) is 1.00. The smallest absolute Gasteiger partial charge is 0.00985 e. The van der Waals surface area contributed by atoms with Gasteiger partial charge in [0.25, 0.3) is 0 Å². The number of likely N-dealkylation sites (tertiary alicyclic amines) is 1. The lowest BCUT2D eigenvalue weighted by atomic mass is 10.1. The molecule has 2 nitrogen and oxygen atoms in total.